The van der Waals surface area contributed by atoms with Crippen LogP contribution in [0.15, 0.2) is 59.5 Å². The summed E-state index contributed by atoms with van der Waals surface area (Å²) in [6.45, 7) is 6.79. The number of amides is 1. The van der Waals surface area contributed by atoms with Gasteiger partial charge in [-0.1, -0.05) is 13.8 Å². The molecule has 2 aliphatic heterocycles. The predicted molar refractivity (Wildman–Crippen MR) is 191 cm³/mol. The molecule has 3 aliphatic rings. The first-order valence-electron chi connectivity index (χ1n) is 18.4. The molecule has 4 aromatic rings. The number of H-pyrrole nitrogens is 1. The van der Waals surface area contributed by atoms with Crippen LogP contribution in [0.25, 0.3) is 11.3 Å². The first-order chi connectivity index (χ1) is 25.8. The fraction of sp³-hybridized carbons (Fsp3) is 0.462. The Labute approximate surface area is 309 Å². The molecule has 2 saturated heterocycles. The Bertz CT molecular complexity index is 2010. The molecule has 10 nitrogen and oxygen atoms in total. The van der Waals surface area contributed by atoms with Crippen molar-refractivity contribution < 1.29 is 31.5 Å². The van der Waals surface area contributed by atoms with Gasteiger partial charge in [-0.25, -0.2) is 13.8 Å². The summed E-state index contributed by atoms with van der Waals surface area (Å²) in [4.78, 5) is 36.3. The number of aromatic nitrogens is 4. The molecule has 2 aromatic carbocycles. The summed E-state index contributed by atoms with van der Waals surface area (Å²) in [5.41, 5.74) is -1.08. The maximum Gasteiger partial charge on any atom is 0.434 e. The lowest BCUT2D eigenvalue weighted by atomic mass is 9.96. The molecular weight excluding hydrogens is 709 g/mol. The normalized spacial score (nSPS) is 20.3. The highest BCUT2D eigenvalue weighted by Gasteiger charge is 2.38. The van der Waals surface area contributed by atoms with Crippen LogP contribution in [0, 0.1) is 5.82 Å². The molecule has 0 radical (unpaired) electrons. The molecule has 2 unspecified atom stereocenters. The van der Waals surface area contributed by atoms with Crippen LogP contribution in [0.5, 0.6) is 11.5 Å². The number of nitrogens with zero attached hydrogens (tertiary/aromatic N) is 5. The van der Waals surface area contributed by atoms with Gasteiger partial charge in [0.15, 0.2) is 5.69 Å². The highest BCUT2D eigenvalue weighted by atomic mass is 19.4. The summed E-state index contributed by atoms with van der Waals surface area (Å²) >= 11 is 0. The summed E-state index contributed by atoms with van der Waals surface area (Å²) in [5, 5.41) is 11.2. The lowest BCUT2D eigenvalue weighted by Crippen LogP contribution is -2.56. The number of hydrogen-bond acceptors (Lipinski definition) is 8. The lowest BCUT2D eigenvalue weighted by Gasteiger charge is -2.43. The second kappa shape index (κ2) is 15.5. The van der Waals surface area contributed by atoms with Crippen molar-refractivity contribution in [2.45, 2.75) is 88.8 Å². The van der Waals surface area contributed by atoms with Crippen LogP contribution in [0.3, 0.4) is 0 Å². The summed E-state index contributed by atoms with van der Waals surface area (Å²) in [5.74, 6) is -1.53. The first kappa shape index (κ1) is 37.6. The van der Waals surface area contributed by atoms with Crippen molar-refractivity contribution in [3.8, 4) is 22.8 Å². The van der Waals surface area contributed by atoms with E-state index in [1.165, 1.54) is 12.8 Å². The highest BCUT2D eigenvalue weighted by Crippen LogP contribution is 2.34. The number of carbonyl (C=O) groups excluding carboxylic acids is 1. The minimum absolute atomic E-state index is 0.0370. The Morgan fingerprint density at radius 1 is 0.963 bits per heavy atom. The van der Waals surface area contributed by atoms with Crippen LogP contribution in [0.4, 0.5) is 22.0 Å². The van der Waals surface area contributed by atoms with Crippen LogP contribution in [0.1, 0.15) is 84.9 Å². The van der Waals surface area contributed by atoms with Crippen molar-refractivity contribution in [3.63, 3.8) is 0 Å². The van der Waals surface area contributed by atoms with E-state index in [1.807, 2.05) is 31.0 Å². The Morgan fingerprint density at radius 2 is 1.67 bits per heavy atom. The molecule has 1 amide bonds. The minimum atomic E-state index is -4.84. The van der Waals surface area contributed by atoms with Gasteiger partial charge in [0.05, 0.1) is 23.0 Å². The zero-order valence-corrected chi connectivity index (χ0v) is 30.0. The first-order valence-corrected chi connectivity index (χ1v) is 18.4. The zero-order valence-electron chi connectivity index (χ0n) is 30.0. The number of carbonyl (C=O) groups is 1. The third-order valence-corrected chi connectivity index (χ3v) is 10.5. The molecule has 7 rings (SSSR count). The van der Waals surface area contributed by atoms with E-state index in [4.69, 9.17) is 4.74 Å². The number of hydrogen-bond donors (Lipinski definition) is 2. The van der Waals surface area contributed by atoms with Crippen molar-refractivity contribution >= 4 is 5.91 Å². The topological polar surface area (TPSA) is 116 Å². The number of ether oxygens (including phenoxy) is 1. The molecule has 1 saturated carbocycles. The van der Waals surface area contributed by atoms with E-state index < -0.39 is 59.0 Å². The largest absolute Gasteiger partial charge is 0.457 e. The lowest BCUT2D eigenvalue weighted by molar-refractivity contribution is -0.141. The van der Waals surface area contributed by atoms with E-state index in [-0.39, 0.29) is 35.6 Å². The maximum absolute atomic E-state index is 15.7. The number of likely N-dealkylation sites (tertiary alicyclic amines) is 2. The van der Waals surface area contributed by atoms with Crippen molar-refractivity contribution in [1.82, 2.24) is 35.3 Å². The Balaban J connectivity index is 1.10. The molecular formula is C39H42F5N7O3. The van der Waals surface area contributed by atoms with Crippen molar-refractivity contribution in [2.75, 3.05) is 26.2 Å². The van der Waals surface area contributed by atoms with Gasteiger partial charge in [0.1, 0.15) is 29.2 Å². The molecule has 2 N–H and O–H groups in total. The quantitative estimate of drug-likeness (QED) is 0.173. The summed E-state index contributed by atoms with van der Waals surface area (Å²) in [7, 11) is 0. The fourth-order valence-corrected chi connectivity index (χ4v) is 7.24. The number of rotatable bonds is 10. The second-order valence-electron chi connectivity index (χ2n) is 14.7. The van der Waals surface area contributed by atoms with Gasteiger partial charge in [0, 0.05) is 48.9 Å². The Kier molecular flexibility index (Phi) is 10.8. The second-order valence-corrected chi connectivity index (χ2v) is 14.7. The maximum atomic E-state index is 15.7. The van der Waals surface area contributed by atoms with E-state index in [1.54, 1.807) is 24.3 Å². The number of nitrogens with one attached hydrogen (secondary N) is 2. The van der Waals surface area contributed by atoms with Gasteiger partial charge in [-0.15, -0.1) is 0 Å². The third-order valence-electron chi connectivity index (χ3n) is 10.5. The van der Waals surface area contributed by atoms with Gasteiger partial charge in [0.2, 0.25) is 0 Å². The molecule has 1 aliphatic carbocycles. The van der Waals surface area contributed by atoms with Gasteiger partial charge in [-0.05, 0) is 99.6 Å². The Morgan fingerprint density at radius 3 is 2.30 bits per heavy atom. The number of benzene rings is 2. The number of alkyl halides is 4. The third kappa shape index (κ3) is 8.62. The minimum Gasteiger partial charge on any atom is -0.457 e. The van der Waals surface area contributed by atoms with Crippen molar-refractivity contribution in [1.29, 1.82) is 0 Å². The van der Waals surface area contributed by atoms with E-state index in [9.17, 15) is 22.8 Å². The van der Waals surface area contributed by atoms with Gasteiger partial charge in [-0.3, -0.25) is 14.5 Å². The molecule has 2 atom stereocenters. The van der Waals surface area contributed by atoms with Gasteiger partial charge < -0.3 is 19.9 Å². The van der Waals surface area contributed by atoms with Crippen LogP contribution in [0.2, 0.25) is 0 Å². The monoisotopic (exact) mass is 751 g/mol. The Hall–Kier alpha value is -4.76. The summed E-state index contributed by atoms with van der Waals surface area (Å²) in [6, 6.07) is 12.5. The molecule has 286 valence electrons. The fourth-order valence-electron chi connectivity index (χ4n) is 7.24. The van der Waals surface area contributed by atoms with Crippen LogP contribution in [-0.2, 0) is 12.6 Å². The van der Waals surface area contributed by atoms with E-state index in [0.29, 0.717) is 30.9 Å². The van der Waals surface area contributed by atoms with Crippen LogP contribution >= 0.6 is 0 Å². The zero-order chi connectivity index (χ0) is 38.1. The van der Waals surface area contributed by atoms with E-state index in [0.717, 1.165) is 49.3 Å². The van der Waals surface area contributed by atoms with Crippen molar-refractivity contribution in [3.05, 3.63) is 99.1 Å². The smallest absolute Gasteiger partial charge is 0.434 e. The molecule has 0 bridgehead atoms. The van der Waals surface area contributed by atoms with Gasteiger partial charge >= 0.3 is 6.18 Å². The number of aromatic amines is 1. The summed E-state index contributed by atoms with van der Waals surface area (Å²) < 4.78 is 77.7. The molecule has 15 heteroatoms. The molecule has 4 heterocycles. The van der Waals surface area contributed by atoms with Crippen LogP contribution in [-0.4, -0.2) is 86.3 Å². The summed E-state index contributed by atoms with van der Waals surface area (Å²) in [6.07, 6.45) is -1.49. The van der Waals surface area contributed by atoms with E-state index in [2.05, 4.69) is 30.3 Å². The number of piperidine rings is 2. The SMILES string of the molecule is CC(C)c1ccc(-c2ccc(Oc3cc(C(=O)NC4CCN(C5CCN(C6CC6)CC5)CC4F)c(F)cc3Cc3nc(C(F)(F)F)c[nH]c3=O)cc2)nn1. The highest BCUT2D eigenvalue weighted by molar-refractivity contribution is 5.95. The average Bonchev–Trinajstić information content (AvgIpc) is 4.00. The standard InChI is InChI=1S/C39H42F5N7O3/c1-22(2)31-9-10-32(49-48-31)23-3-7-27(8-4-23)54-35-19-28(29(40)17-24(35)18-34-38(53)45-20-36(46-34)39(42,43)44)37(52)47-33-13-16-51(21-30(33)41)26-11-14-50(15-12-26)25-5-6-25/h3-4,7-10,17,19-20,22,25-26,30,33H,5-6,11-16,18,21H2,1-2H3,(H,45,53)(H,47,52). The molecule has 54 heavy (non-hydrogen) atoms. The predicted octanol–water partition coefficient (Wildman–Crippen LogP) is 6.66. The van der Waals surface area contributed by atoms with Gasteiger partial charge in [-0.2, -0.15) is 23.4 Å². The van der Waals surface area contributed by atoms with E-state index >= 15 is 8.78 Å². The molecule has 2 aromatic heterocycles. The molecule has 3 fully saturated rings. The number of halogens is 5. The van der Waals surface area contributed by atoms with Crippen LogP contribution < -0.4 is 15.6 Å². The van der Waals surface area contributed by atoms with Gasteiger partial charge in [0.25, 0.3) is 11.5 Å². The molecule has 0 spiro atoms. The average molecular weight is 752 g/mol. The van der Waals surface area contributed by atoms with Crippen molar-refractivity contribution in [2.24, 2.45) is 0 Å².